The van der Waals surface area contributed by atoms with Gasteiger partial charge in [-0.2, -0.15) is 0 Å². The summed E-state index contributed by atoms with van der Waals surface area (Å²) < 4.78 is 18.7. The lowest BCUT2D eigenvalue weighted by Crippen LogP contribution is -2.31. The number of benzene rings is 2. The van der Waals surface area contributed by atoms with Crippen molar-refractivity contribution in [2.45, 2.75) is 32.2 Å². The number of hydrogen-bond donors (Lipinski definition) is 2. The Hall–Kier alpha value is -2.40. The van der Waals surface area contributed by atoms with Crippen LogP contribution in [-0.4, -0.2) is 25.8 Å². The van der Waals surface area contributed by atoms with E-state index in [2.05, 4.69) is 22.8 Å². The first-order chi connectivity index (χ1) is 13.2. The number of carbonyl (C=O) groups is 1. The van der Waals surface area contributed by atoms with Gasteiger partial charge >= 0.3 is 6.09 Å². The molecule has 27 heavy (non-hydrogen) atoms. The molecule has 1 heterocycles. The molecule has 0 bridgehead atoms. The number of hydrogen-bond acceptors (Lipinski definition) is 3. The summed E-state index contributed by atoms with van der Waals surface area (Å²) in [6.07, 6.45) is 1.75. The molecule has 0 aliphatic carbocycles. The number of amides is 1. The van der Waals surface area contributed by atoms with Crippen LogP contribution in [-0.2, 0) is 11.3 Å². The Morgan fingerprint density at radius 1 is 1.19 bits per heavy atom. The van der Waals surface area contributed by atoms with E-state index in [1.165, 1.54) is 11.6 Å². The molecule has 1 saturated heterocycles. The van der Waals surface area contributed by atoms with Gasteiger partial charge in [-0.1, -0.05) is 36.4 Å². The van der Waals surface area contributed by atoms with Crippen molar-refractivity contribution in [3.8, 4) is 0 Å². The van der Waals surface area contributed by atoms with Crippen LogP contribution in [0.4, 0.5) is 9.18 Å². The molecule has 144 valence electrons. The maximum Gasteiger partial charge on any atom is 0.407 e. The molecule has 3 rings (SSSR count). The van der Waals surface area contributed by atoms with Gasteiger partial charge in [0.05, 0.1) is 6.61 Å². The summed E-state index contributed by atoms with van der Waals surface area (Å²) in [5.41, 5.74) is 3.22. The fraction of sp³-hybridized carbons (Fsp3) is 0.409. The Morgan fingerprint density at radius 3 is 2.59 bits per heavy atom. The molecule has 1 aliphatic rings. The second-order valence-corrected chi connectivity index (χ2v) is 6.94. The number of piperidine rings is 1. The van der Waals surface area contributed by atoms with Crippen molar-refractivity contribution in [1.82, 2.24) is 10.6 Å². The molecule has 5 heteroatoms. The molecule has 1 atom stereocenters. The molecule has 1 fully saturated rings. The van der Waals surface area contributed by atoms with Crippen molar-refractivity contribution in [2.75, 3.05) is 19.7 Å². The van der Waals surface area contributed by atoms with Gasteiger partial charge in [-0.3, -0.25) is 0 Å². The van der Waals surface area contributed by atoms with Gasteiger partial charge in [-0.25, -0.2) is 9.18 Å². The molecule has 4 nitrogen and oxygen atoms in total. The largest absolute Gasteiger partial charge is 0.450 e. The van der Waals surface area contributed by atoms with Gasteiger partial charge in [0.1, 0.15) is 5.82 Å². The molecule has 2 aromatic rings. The highest BCUT2D eigenvalue weighted by Crippen LogP contribution is 2.37. The van der Waals surface area contributed by atoms with Crippen molar-refractivity contribution in [3.63, 3.8) is 0 Å². The molecule has 0 saturated carbocycles. The van der Waals surface area contributed by atoms with Gasteiger partial charge in [0.15, 0.2) is 0 Å². The van der Waals surface area contributed by atoms with E-state index >= 15 is 0 Å². The van der Waals surface area contributed by atoms with Crippen LogP contribution >= 0.6 is 0 Å². The van der Waals surface area contributed by atoms with Crippen LogP contribution in [0.3, 0.4) is 0 Å². The van der Waals surface area contributed by atoms with Crippen LogP contribution in [0.15, 0.2) is 48.5 Å². The Bertz CT molecular complexity index is 742. The number of halogens is 1. The number of nitrogens with one attached hydrogen (secondary N) is 2. The van der Waals surface area contributed by atoms with Crippen molar-refractivity contribution in [2.24, 2.45) is 5.92 Å². The normalized spacial score (nSPS) is 15.9. The van der Waals surface area contributed by atoms with E-state index in [-0.39, 0.29) is 11.7 Å². The SMILES string of the molecule is CCOC(=O)NCc1ccc(C(c2cccc(F)c2)C2CCNCC2)cc1. The smallest absolute Gasteiger partial charge is 0.407 e. The van der Waals surface area contributed by atoms with E-state index in [0.29, 0.717) is 19.1 Å². The van der Waals surface area contributed by atoms with Crippen LogP contribution in [0.1, 0.15) is 42.4 Å². The first kappa shape index (κ1) is 19.4. The average molecular weight is 370 g/mol. The van der Waals surface area contributed by atoms with E-state index in [4.69, 9.17) is 4.74 Å². The molecule has 0 spiro atoms. The Kier molecular flexibility index (Phi) is 6.82. The van der Waals surface area contributed by atoms with E-state index < -0.39 is 6.09 Å². The summed E-state index contributed by atoms with van der Waals surface area (Å²) >= 11 is 0. The van der Waals surface area contributed by atoms with E-state index in [0.717, 1.165) is 37.1 Å². The number of rotatable bonds is 6. The fourth-order valence-electron chi connectivity index (χ4n) is 3.81. The van der Waals surface area contributed by atoms with Crippen molar-refractivity contribution >= 4 is 6.09 Å². The molecule has 1 aliphatic heterocycles. The fourth-order valence-corrected chi connectivity index (χ4v) is 3.81. The van der Waals surface area contributed by atoms with Crippen LogP contribution in [0, 0.1) is 11.7 Å². The van der Waals surface area contributed by atoms with Gasteiger partial charge in [-0.15, -0.1) is 0 Å². The maximum atomic E-state index is 13.8. The lowest BCUT2D eigenvalue weighted by molar-refractivity contribution is 0.151. The minimum Gasteiger partial charge on any atom is -0.450 e. The zero-order chi connectivity index (χ0) is 19.1. The van der Waals surface area contributed by atoms with Gasteiger partial charge in [0.25, 0.3) is 0 Å². The summed E-state index contributed by atoms with van der Waals surface area (Å²) in [5, 5.41) is 6.14. The topological polar surface area (TPSA) is 50.4 Å². The number of alkyl carbamates (subject to hydrolysis) is 1. The Labute approximate surface area is 160 Å². The minimum absolute atomic E-state index is 0.176. The predicted octanol–water partition coefficient (Wildman–Crippen LogP) is 4.20. The highest BCUT2D eigenvalue weighted by atomic mass is 19.1. The molecule has 1 unspecified atom stereocenters. The lowest BCUT2D eigenvalue weighted by Gasteiger charge is -2.31. The van der Waals surface area contributed by atoms with Crippen molar-refractivity contribution in [3.05, 3.63) is 71.0 Å². The summed E-state index contributed by atoms with van der Waals surface area (Å²) in [6.45, 7) is 4.56. The third kappa shape index (κ3) is 5.30. The van der Waals surface area contributed by atoms with Gasteiger partial charge in [0, 0.05) is 12.5 Å². The molecule has 0 aromatic heterocycles. The van der Waals surface area contributed by atoms with Crippen LogP contribution < -0.4 is 10.6 Å². The van der Waals surface area contributed by atoms with Crippen molar-refractivity contribution in [1.29, 1.82) is 0 Å². The maximum absolute atomic E-state index is 13.8. The molecule has 0 radical (unpaired) electrons. The number of carbonyl (C=O) groups excluding carboxylic acids is 1. The van der Waals surface area contributed by atoms with Crippen molar-refractivity contribution < 1.29 is 13.9 Å². The van der Waals surface area contributed by atoms with Crippen LogP contribution in [0.25, 0.3) is 0 Å². The highest BCUT2D eigenvalue weighted by Gasteiger charge is 2.26. The monoisotopic (exact) mass is 370 g/mol. The van der Waals surface area contributed by atoms with E-state index in [1.54, 1.807) is 19.1 Å². The Balaban J connectivity index is 1.78. The summed E-state index contributed by atoms with van der Waals surface area (Å²) in [6, 6.07) is 15.2. The van der Waals surface area contributed by atoms with Gasteiger partial charge in [-0.05, 0) is 67.6 Å². The summed E-state index contributed by atoms with van der Waals surface area (Å²) in [4.78, 5) is 11.4. The molecular formula is C22H27FN2O2. The zero-order valence-corrected chi connectivity index (χ0v) is 15.7. The summed E-state index contributed by atoms with van der Waals surface area (Å²) in [7, 11) is 0. The number of ether oxygens (including phenoxy) is 1. The molecule has 2 N–H and O–H groups in total. The lowest BCUT2D eigenvalue weighted by atomic mass is 9.76. The van der Waals surface area contributed by atoms with Crippen LogP contribution in [0.2, 0.25) is 0 Å². The second-order valence-electron chi connectivity index (χ2n) is 6.94. The van der Waals surface area contributed by atoms with Gasteiger partial charge < -0.3 is 15.4 Å². The van der Waals surface area contributed by atoms with Crippen LogP contribution in [0.5, 0.6) is 0 Å². The quantitative estimate of drug-likeness (QED) is 0.801. The average Bonchev–Trinajstić information content (AvgIpc) is 2.69. The third-order valence-electron chi connectivity index (χ3n) is 5.11. The Morgan fingerprint density at radius 2 is 1.93 bits per heavy atom. The standard InChI is InChI=1S/C22H27FN2O2/c1-2-27-22(26)25-15-16-6-8-17(9-7-16)21(18-10-12-24-13-11-18)19-4-3-5-20(23)14-19/h3-9,14,18,21,24H,2,10-13,15H2,1H3,(H,25,26). The molecular weight excluding hydrogens is 343 g/mol. The third-order valence-corrected chi connectivity index (χ3v) is 5.11. The summed E-state index contributed by atoms with van der Waals surface area (Å²) in [5.74, 6) is 0.466. The first-order valence-corrected chi connectivity index (χ1v) is 9.63. The van der Waals surface area contributed by atoms with E-state index in [9.17, 15) is 9.18 Å². The van der Waals surface area contributed by atoms with E-state index in [1.807, 2.05) is 18.2 Å². The zero-order valence-electron chi connectivity index (χ0n) is 15.7. The predicted molar refractivity (Wildman–Crippen MR) is 104 cm³/mol. The molecule has 1 amide bonds. The molecule has 2 aromatic carbocycles. The first-order valence-electron chi connectivity index (χ1n) is 9.63. The highest BCUT2D eigenvalue weighted by molar-refractivity contribution is 5.67. The minimum atomic E-state index is -0.408. The van der Waals surface area contributed by atoms with Gasteiger partial charge in [0.2, 0.25) is 0 Å². The second kappa shape index (κ2) is 9.51.